The third kappa shape index (κ3) is 2.53. The molecule has 1 aliphatic carbocycles. The predicted molar refractivity (Wildman–Crippen MR) is 54.8 cm³/mol. The number of rotatable bonds is 5. The van der Waals surface area contributed by atoms with Gasteiger partial charge < -0.3 is 10.4 Å². The molecule has 0 amide bonds. The highest BCUT2D eigenvalue weighted by Crippen LogP contribution is 2.25. The lowest BCUT2D eigenvalue weighted by Crippen LogP contribution is -2.24. The van der Waals surface area contributed by atoms with Crippen molar-refractivity contribution in [3.8, 4) is 0 Å². The molecule has 0 aromatic carbocycles. The Morgan fingerprint density at radius 2 is 2.43 bits per heavy atom. The Morgan fingerprint density at radius 3 is 3.00 bits per heavy atom. The standard InChI is InChI=1S/C11H16N2O/c14-7-5-11(13-10-3-4-10)9-2-1-6-12-8-9/h1-2,6,8,10-11,13-14H,3-5,7H2. The third-order valence-corrected chi connectivity index (χ3v) is 2.52. The number of nitrogens with zero attached hydrogens (tertiary/aromatic N) is 1. The molecule has 2 N–H and O–H groups in total. The van der Waals surface area contributed by atoms with Gasteiger partial charge in [0, 0.05) is 31.1 Å². The van der Waals surface area contributed by atoms with Crippen LogP contribution in [0, 0.1) is 0 Å². The molecule has 0 radical (unpaired) electrons. The highest BCUT2D eigenvalue weighted by Gasteiger charge is 2.24. The molecule has 1 fully saturated rings. The van der Waals surface area contributed by atoms with Crippen molar-refractivity contribution in [2.24, 2.45) is 0 Å². The van der Waals surface area contributed by atoms with Crippen molar-refractivity contribution < 1.29 is 5.11 Å². The van der Waals surface area contributed by atoms with E-state index >= 15 is 0 Å². The van der Waals surface area contributed by atoms with Crippen molar-refractivity contribution >= 4 is 0 Å². The highest BCUT2D eigenvalue weighted by atomic mass is 16.3. The summed E-state index contributed by atoms with van der Waals surface area (Å²) >= 11 is 0. The molecule has 1 heterocycles. The maximum absolute atomic E-state index is 8.97. The van der Waals surface area contributed by atoms with Crippen LogP contribution in [-0.4, -0.2) is 22.7 Å². The Kier molecular flexibility index (Phi) is 3.11. The summed E-state index contributed by atoms with van der Waals surface area (Å²) < 4.78 is 0. The summed E-state index contributed by atoms with van der Waals surface area (Å²) in [5, 5.41) is 12.5. The van der Waals surface area contributed by atoms with Gasteiger partial charge in [-0.2, -0.15) is 0 Å². The first kappa shape index (κ1) is 9.62. The van der Waals surface area contributed by atoms with E-state index in [0.717, 1.165) is 6.42 Å². The molecule has 1 saturated carbocycles. The summed E-state index contributed by atoms with van der Waals surface area (Å²) in [4.78, 5) is 4.09. The zero-order valence-electron chi connectivity index (χ0n) is 8.19. The van der Waals surface area contributed by atoms with E-state index in [-0.39, 0.29) is 12.6 Å². The van der Waals surface area contributed by atoms with Crippen molar-refractivity contribution in [2.45, 2.75) is 31.3 Å². The molecule has 1 atom stereocenters. The van der Waals surface area contributed by atoms with Gasteiger partial charge in [0.2, 0.25) is 0 Å². The van der Waals surface area contributed by atoms with Crippen LogP contribution in [0.3, 0.4) is 0 Å². The van der Waals surface area contributed by atoms with Gasteiger partial charge in [0.15, 0.2) is 0 Å². The van der Waals surface area contributed by atoms with Crippen molar-refractivity contribution in [1.29, 1.82) is 0 Å². The number of aliphatic hydroxyl groups excluding tert-OH is 1. The van der Waals surface area contributed by atoms with Crippen molar-refractivity contribution in [1.82, 2.24) is 10.3 Å². The van der Waals surface area contributed by atoms with Gasteiger partial charge in [0.25, 0.3) is 0 Å². The molecule has 1 aliphatic rings. The maximum atomic E-state index is 8.97. The van der Waals surface area contributed by atoms with Crippen LogP contribution < -0.4 is 5.32 Å². The third-order valence-electron chi connectivity index (χ3n) is 2.52. The summed E-state index contributed by atoms with van der Waals surface area (Å²) in [6, 6.07) is 4.92. The average molecular weight is 192 g/mol. The number of nitrogens with one attached hydrogen (secondary N) is 1. The van der Waals surface area contributed by atoms with E-state index in [1.165, 1.54) is 18.4 Å². The Bertz CT molecular complexity index is 272. The van der Waals surface area contributed by atoms with E-state index in [0.29, 0.717) is 6.04 Å². The Hall–Kier alpha value is -0.930. The van der Waals surface area contributed by atoms with Crippen molar-refractivity contribution in [3.63, 3.8) is 0 Å². The Morgan fingerprint density at radius 1 is 1.57 bits per heavy atom. The molecule has 0 saturated heterocycles. The van der Waals surface area contributed by atoms with Crippen LogP contribution >= 0.6 is 0 Å². The average Bonchev–Trinajstić information content (AvgIpc) is 3.03. The monoisotopic (exact) mass is 192 g/mol. The minimum absolute atomic E-state index is 0.222. The van der Waals surface area contributed by atoms with Crippen LogP contribution in [0.1, 0.15) is 30.9 Å². The van der Waals surface area contributed by atoms with E-state index in [9.17, 15) is 0 Å². The van der Waals surface area contributed by atoms with E-state index in [4.69, 9.17) is 5.11 Å². The Balaban J connectivity index is 2.01. The summed E-state index contributed by atoms with van der Waals surface area (Å²) in [5.74, 6) is 0. The molecule has 76 valence electrons. The second-order valence-electron chi connectivity index (χ2n) is 3.79. The molecule has 14 heavy (non-hydrogen) atoms. The second-order valence-corrected chi connectivity index (χ2v) is 3.79. The van der Waals surface area contributed by atoms with E-state index < -0.39 is 0 Å². The maximum Gasteiger partial charge on any atom is 0.0449 e. The molecule has 0 aliphatic heterocycles. The first-order valence-electron chi connectivity index (χ1n) is 5.17. The molecule has 1 aromatic rings. The minimum atomic E-state index is 0.222. The van der Waals surface area contributed by atoms with Crippen LogP contribution in [0.25, 0.3) is 0 Å². The summed E-state index contributed by atoms with van der Waals surface area (Å²) in [5.41, 5.74) is 1.17. The molecular formula is C11H16N2O. The molecule has 3 heteroatoms. The fourth-order valence-electron chi connectivity index (χ4n) is 1.59. The van der Waals surface area contributed by atoms with Gasteiger partial charge >= 0.3 is 0 Å². The lowest BCUT2D eigenvalue weighted by atomic mass is 10.1. The lowest BCUT2D eigenvalue weighted by Gasteiger charge is -2.17. The molecule has 1 unspecified atom stereocenters. The fraction of sp³-hybridized carbons (Fsp3) is 0.545. The Labute approximate surface area is 84.2 Å². The van der Waals surface area contributed by atoms with E-state index in [1.807, 2.05) is 12.3 Å². The molecule has 3 nitrogen and oxygen atoms in total. The normalized spacial score (nSPS) is 18.1. The van der Waals surface area contributed by atoms with E-state index in [1.54, 1.807) is 6.20 Å². The topological polar surface area (TPSA) is 45.1 Å². The number of aliphatic hydroxyl groups is 1. The molecule has 0 spiro atoms. The number of hydrogen-bond acceptors (Lipinski definition) is 3. The smallest absolute Gasteiger partial charge is 0.0449 e. The molecule has 1 aromatic heterocycles. The van der Waals surface area contributed by atoms with Crippen LogP contribution in [-0.2, 0) is 0 Å². The number of hydrogen-bond donors (Lipinski definition) is 2. The zero-order chi connectivity index (χ0) is 9.80. The summed E-state index contributed by atoms with van der Waals surface area (Å²) in [6.45, 7) is 0.222. The first-order valence-corrected chi connectivity index (χ1v) is 5.17. The van der Waals surface area contributed by atoms with Gasteiger partial charge in [-0.25, -0.2) is 0 Å². The summed E-state index contributed by atoms with van der Waals surface area (Å²) in [6.07, 6.45) is 6.94. The largest absolute Gasteiger partial charge is 0.396 e. The predicted octanol–water partition coefficient (Wildman–Crippen LogP) is 1.26. The van der Waals surface area contributed by atoms with E-state index in [2.05, 4.69) is 16.4 Å². The molecule has 2 rings (SSSR count). The van der Waals surface area contributed by atoms with Gasteiger partial charge in [0.05, 0.1) is 0 Å². The van der Waals surface area contributed by atoms with Crippen LogP contribution in [0.2, 0.25) is 0 Å². The minimum Gasteiger partial charge on any atom is -0.396 e. The molecule has 0 bridgehead atoms. The van der Waals surface area contributed by atoms with Gasteiger partial charge in [-0.3, -0.25) is 4.98 Å². The number of aromatic nitrogens is 1. The lowest BCUT2D eigenvalue weighted by molar-refractivity contribution is 0.265. The van der Waals surface area contributed by atoms with Gasteiger partial charge in [-0.15, -0.1) is 0 Å². The fourth-order valence-corrected chi connectivity index (χ4v) is 1.59. The van der Waals surface area contributed by atoms with Crippen molar-refractivity contribution in [2.75, 3.05) is 6.61 Å². The van der Waals surface area contributed by atoms with Crippen molar-refractivity contribution in [3.05, 3.63) is 30.1 Å². The second kappa shape index (κ2) is 4.53. The van der Waals surface area contributed by atoms with Crippen LogP contribution in [0.4, 0.5) is 0 Å². The number of pyridine rings is 1. The van der Waals surface area contributed by atoms with Crippen LogP contribution in [0.5, 0.6) is 0 Å². The first-order chi connectivity index (χ1) is 6.90. The summed E-state index contributed by atoms with van der Waals surface area (Å²) in [7, 11) is 0. The van der Waals surface area contributed by atoms with Gasteiger partial charge in [0.1, 0.15) is 0 Å². The highest BCUT2D eigenvalue weighted by molar-refractivity contribution is 5.14. The SMILES string of the molecule is OCCC(NC1CC1)c1cccnc1. The zero-order valence-corrected chi connectivity index (χ0v) is 8.19. The quantitative estimate of drug-likeness (QED) is 0.738. The van der Waals surface area contributed by atoms with Gasteiger partial charge in [-0.1, -0.05) is 6.07 Å². The molecular weight excluding hydrogens is 176 g/mol. The van der Waals surface area contributed by atoms with Crippen LogP contribution in [0.15, 0.2) is 24.5 Å². The van der Waals surface area contributed by atoms with Gasteiger partial charge in [-0.05, 0) is 30.9 Å².